The maximum atomic E-state index is 13.2. The first-order chi connectivity index (χ1) is 14.5. The van der Waals surface area contributed by atoms with E-state index in [-0.39, 0.29) is 18.0 Å². The molecule has 5 heterocycles. The number of hydrogen-bond acceptors (Lipinski definition) is 5. The zero-order valence-corrected chi connectivity index (χ0v) is 17.7. The number of carbonyl (C=O) groups is 1. The van der Waals surface area contributed by atoms with E-state index in [4.69, 9.17) is 15.8 Å². The fourth-order valence-corrected chi connectivity index (χ4v) is 4.79. The van der Waals surface area contributed by atoms with Crippen molar-refractivity contribution in [2.24, 2.45) is 12.8 Å². The molecule has 8 nitrogen and oxygen atoms in total. The number of rotatable bonds is 3. The predicted octanol–water partition coefficient (Wildman–Crippen LogP) is 2.28. The molecule has 0 radical (unpaired) electrons. The zero-order chi connectivity index (χ0) is 20.8. The van der Waals surface area contributed by atoms with Gasteiger partial charge in [0.25, 0.3) is 5.91 Å². The number of nitrogens with two attached hydrogens (primary N) is 1. The monoisotopic (exact) mass is 407 g/mol. The topological polar surface area (TPSA) is 84.7 Å². The normalized spacial score (nSPS) is 22.2. The minimum atomic E-state index is -0.0215. The summed E-state index contributed by atoms with van der Waals surface area (Å²) in [6, 6.07) is 6.03. The van der Waals surface area contributed by atoms with E-state index in [0.717, 1.165) is 68.0 Å². The number of piperidine rings is 1. The Hall–Kier alpha value is -2.87. The van der Waals surface area contributed by atoms with Crippen LogP contribution in [0.2, 0.25) is 0 Å². The average Bonchev–Trinajstić information content (AvgIpc) is 3.46. The van der Waals surface area contributed by atoms with Crippen molar-refractivity contribution in [2.75, 3.05) is 24.5 Å². The zero-order valence-electron chi connectivity index (χ0n) is 17.7. The number of anilines is 1. The molecule has 30 heavy (non-hydrogen) atoms. The maximum absolute atomic E-state index is 13.2. The molecule has 2 N–H and O–H groups in total. The van der Waals surface area contributed by atoms with Gasteiger partial charge in [0, 0.05) is 56.7 Å². The lowest BCUT2D eigenvalue weighted by Gasteiger charge is -2.34. The van der Waals surface area contributed by atoms with Crippen LogP contribution in [0.5, 0.6) is 0 Å². The van der Waals surface area contributed by atoms with Crippen LogP contribution in [0.15, 0.2) is 30.6 Å². The van der Waals surface area contributed by atoms with Gasteiger partial charge in [0.2, 0.25) is 0 Å². The molecule has 3 aromatic heterocycles. The number of aromatic nitrogens is 4. The van der Waals surface area contributed by atoms with Gasteiger partial charge in [-0.25, -0.2) is 9.50 Å². The fourth-order valence-electron chi connectivity index (χ4n) is 4.79. The number of hydrogen-bond donors (Lipinski definition) is 1. The highest BCUT2D eigenvalue weighted by atomic mass is 16.2. The molecule has 2 atom stereocenters. The molecule has 0 aliphatic carbocycles. The highest BCUT2D eigenvalue weighted by molar-refractivity contribution is 5.93. The van der Waals surface area contributed by atoms with Crippen LogP contribution in [0, 0.1) is 6.92 Å². The Bertz CT molecular complexity index is 1080. The third-order valence-electron chi connectivity index (χ3n) is 6.42. The second-order valence-corrected chi connectivity index (χ2v) is 8.63. The summed E-state index contributed by atoms with van der Waals surface area (Å²) in [6.07, 6.45) is 7.99. The lowest BCUT2D eigenvalue weighted by molar-refractivity contribution is 0.0596. The van der Waals surface area contributed by atoms with E-state index in [9.17, 15) is 4.79 Å². The van der Waals surface area contributed by atoms with Crippen molar-refractivity contribution in [3.05, 3.63) is 47.5 Å². The molecular weight excluding hydrogens is 378 g/mol. The molecule has 3 aromatic rings. The molecule has 2 aliphatic rings. The van der Waals surface area contributed by atoms with Crippen LogP contribution < -0.4 is 10.6 Å². The molecule has 0 aromatic carbocycles. The van der Waals surface area contributed by atoms with Gasteiger partial charge >= 0.3 is 0 Å². The lowest BCUT2D eigenvalue weighted by Crippen LogP contribution is -2.39. The fraction of sp³-hybridized carbons (Fsp3) is 0.500. The van der Waals surface area contributed by atoms with Crippen LogP contribution in [0.4, 0.5) is 5.82 Å². The van der Waals surface area contributed by atoms with Crippen LogP contribution in [-0.2, 0) is 7.05 Å². The standard InChI is InChI=1S/C22H29N7O/c1-15-13-29-20(24-21(15)27-11-8-16(23)14-27)12-17(25-29)18-6-3-4-10-28(18)22(30)19-7-5-9-26(19)2/h5,7,9,12-13,16,18H,3-4,6,8,10-11,14,23H2,1-2H3/t16-,18-/m0/s1. The Kier molecular flexibility index (Phi) is 4.73. The van der Waals surface area contributed by atoms with Gasteiger partial charge in [0.1, 0.15) is 11.5 Å². The van der Waals surface area contributed by atoms with Gasteiger partial charge in [-0.15, -0.1) is 0 Å². The summed E-state index contributed by atoms with van der Waals surface area (Å²) >= 11 is 0. The molecule has 5 rings (SSSR count). The number of amides is 1. The van der Waals surface area contributed by atoms with Gasteiger partial charge in [-0.3, -0.25) is 4.79 Å². The Morgan fingerprint density at radius 3 is 2.83 bits per heavy atom. The summed E-state index contributed by atoms with van der Waals surface area (Å²) in [4.78, 5) is 22.4. The van der Waals surface area contributed by atoms with Gasteiger partial charge in [-0.2, -0.15) is 5.10 Å². The van der Waals surface area contributed by atoms with Crippen molar-refractivity contribution in [3.63, 3.8) is 0 Å². The molecule has 1 amide bonds. The second-order valence-electron chi connectivity index (χ2n) is 8.63. The van der Waals surface area contributed by atoms with Crippen LogP contribution in [0.1, 0.15) is 53.5 Å². The molecule has 2 saturated heterocycles. The Morgan fingerprint density at radius 2 is 2.10 bits per heavy atom. The van der Waals surface area contributed by atoms with Gasteiger partial charge in [-0.05, 0) is 44.7 Å². The summed E-state index contributed by atoms with van der Waals surface area (Å²) in [7, 11) is 1.91. The first-order valence-corrected chi connectivity index (χ1v) is 10.8. The summed E-state index contributed by atoms with van der Waals surface area (Å²) in [5.74, 6) is 1.06. The molecular formula is C22H29N7O. The van der Waals surface area contributed by atoms with Crippen molar-refractivity contribution in [3.8, 4) is 0 Å². The number of nitrogens with zero attached hydrogens (tertiary/aromatic N) is 6. The van der Waals surface area contributed by atoms with Crippen LogP contribution in [-0.4, -0.2) is 55.6 Å². The number of likely N-dealkylation sites (tertiary alicyclic amines) is 1. The second kappa shape index (κ2) is 7.43. The van der Waals surface area contributed by atoms with Crippen molar-refractivity contribution in [2.45, 2.75) is 44.7 Å². The SMILES string of the molecule is Cc1cn2nc([C@@H]3CCCCN3C(=O)c3cccn3C)cc2nc1N1CC[C@H](N)C1. The maximum Gasteiger partial charge on any atom is 0.271 e. The Morgan fingerprint density at radius 1 is 1.23 bits per heavy atom. The molecule has 0 saturated carbocycles. The molecule has 0 bridgehead atoms. The van der Waals surface area contributed by atoms with Gasteiger partial charge < -0.3 is 20.1 Å². The molecule has 0 unspecified atom stereocenters. The Labute approximate surface area is 176 Å². The first kappa shape index (κ1) is 19.1. The summed E-state index contributed by atoms with van der Waals surface area (Å²) in [5, 5.41) is 4.83. The van der Waals surface area contributed by atoms with E-state index < -0.39 is 0 Å². The minimum absolute atomic E-state index is 0.0215. The summed E-state index contributed by atoms with van der Waals surface area (Å²) in [5.41, 5.74) is 9.64. The van der Waals surface area contributed by atoms with Crippen molar-refractivity contribution in [1.82, 2.24) is 24.1 Å². The van der Waals surface area contributed by atoms with E-state index in [0.29, 0.717) is 5.69 Å². The molecule has 8 heteroatoms. The summed E-state index contributed by atoms with van der Waals surface area (Å²) in [6.45, 7) is 4.60. The van der Waals surface area contributed by atoms with Crippen LogP contribution >= 0.6 is 0 Å². The number of fused-ring (bicyclic) bond motifs is 1. The minimum Gasteiger partial charge on any atom is -0.355 e. The van der Waals surface area contributed by atoms with E-state index in [1.54, 1.807) is 0 Å². The van der Waals surface area contributed by atoms with E-state index >= 15 is 0 Å². The molecule has 0 spiro atoms. The van der Waals surface area contributed by atoms with Crippen molar-refractivity contribution < 1.29 is 4.79 Å². The van der Waals surface area contributed by atoms with Crippen LogP contribution in [0.25, 0.3) is 5.65 Å². The number of carbonyl (C=O) groups excluding carboxylic acids is 1. The van der Waals surface area contributed by atoms with Crippen LogP contribution in [0.3, 0.4) is 0 Å². The van der Waals surface area contributed by atoms with Crippen molar-refractivity contribution >= 4 is 17.4 Å². The van der Waals surface area contributed by atoms with E-state index in [1.807, 2.05) is 51.6 Å². The highest BCUT2D eigenvalue weighted by Crippen LogP contribution is 2.32. The summed E-state index contributed by atoms with van der Waals surface area (Å²) < 4.78 is 3.74. The van der Waals surface area contributed by atoms with Crippen molar-refractivity contribution in [1.29, 1.82) is 0 Å². The smallest absolute Gasteiger partial charge is 0.271 e. The van der Waals surface area contributed by atoms with Gasteiger partial charge in [0.15, 0.2) is 5.65 Å². The largest absolute Gasteiger partial charge is 0.355 e. The lowest BCUT2D eigenvalue weighted by atomic mass is 9.99. The van der Waals surface area contributed by atoms with E-state index in [1.165, 1.54) is 0 Å². The third-order valence-corrected chi connectivity index (χ3v) is 6.42. The predicted molar refractivity (Wildman–Crippen MR) is 116 cm³/mol. The number of aryl methyl sites for hydroxylation is 2. The van der Waals surface area contributed by atoms with Gasteiger partial charge in [-0.1, -0.05) is 0 Å². The first-order valence-electron chi connectivity index (χ1n) is 10.8. The Balaban J connectivity index is 1.48. The molecule has 2 fully saturated rings. The molecule has 158 valence electrons. The van der Waals surface area contributed by atoms with E-state index in [2.05, 4.69) is 11.8 Å². The third kappa shape index (κ3) is 3.25. The quantitative estimate of drug-likeness (QED) is 0.720. The molecule has 2 aliphatic heterocycles. The highest BCUT2D eigenvalue weighted by Gasteiger charge is 2.32. The van der Waals surface area contributed by atoms with Gasteiger partial charge in [0.05, 0.1) is 11.7 Å². The average molecular weight is 408 g/mol.